The van der Waals surface area contributed by atoms with Crippen LogP contribution in [0.3, 0.4) is 0 Å². The van der Waals surface area contributed by atoms with Crippen LogP contribution in [0.15, 0.2) is 24.5 Å². The monoisotopic (exact) mass is 216 g/mol. The molecule has 0 amide bonds. The Hall–Kier alpha value is -1.42. The Morgan fingerprint density at radius 3 is 3.25 bits per heavy atom. The molecular formula is C12H16N4. The highest BCUT2D eigenvalue weighted by Gasteiger charge is 2.14. The van der Waals surface area contributed by atoms with Crippen molar-refractivity contribution in [2.75, 3.05) is 6.54 Å². The molecule has 1 aliphatic rings. The summed E-state index contributed by atoms with van der Waals surface area (Å²) in [6.07, 6.45) is 8.75. The van der Waals surface area contributed by atoms with E-state index in [-0.39, 0.29) is 0 Å². The quantitative estimate of drug-likeness (QED) is 0.825. The number of piperidine rings is 1. The van der Waals surface area contributed by atoms with Crippen molar-refractivity contribution in [3.8, 4) is 0 Å². The van der Waals surface area contributed by atoms with Crippen LogP contribution in [0.2, 0.25) is 0 Å². The molecule has 0 bridgehead atoms. The average molecular weight is 216 g/mol. The van der Waals surface area contributed by atoms with Gasteiger partial charge < -0.3 is 5.32 Å². The van der Waals surface area contributed by atoms with E-state index >= 15 is 0 Å². The molecule has 0 radical (unpaired) electrons. The third kappa shape index (κ3) is 1.93. The van der Waals surface area contributed by atoms with E-state index in [2.05, 4.69) is 15.4 Å². The zero-order valence-electron chi connectivity index (χ0n) is 9.26. The molecule has 2 aromatic heterocycles. The molecule has 4 nitrogen and oxygen atoms in total. The fourth-order valence-electron chi connectivity index (χ4n) is 2.33. The van der Waals surface area contributed by atoms with Crippen LogP contribution in [0.4, 0.5) is 0 Å². The second kappa shape index (κ2) is 4.22. The van der Waals surface area contributed by atoms with E-state index in [1.165, 1.54) is 19.3 Å². The summed E-state index contributed by atoms with van der Waals surface area (Å²) in [5.74, 6) is 0. The van der Waals surface area contributed by atoms with Gasteiger partial charge in [0.05, 0.1) is 11.9 Å². The molecule has 0 unspecified atom stereocenters. The van der Waals surface area contributed by atoms with Crippen molar-refractivity contribution < 1.29 is 0 Å². The Labute approximate surface area is 94.7 Å². The van der Waals surface area contributed by atoms with Crippen LogP contribution in [-0.4, -0.2) is 27.2 Å². The number of hydrogen-bond donors (Lipinski definition) is 1. The molecular weight excluding hydrogens is 200 g/mol. The van der Waals surface area contributed by atoms with Gasteiger partial charge in [-0.1, -0.05) is 6.42 Å². The van der Waals surface area contributed by atoms with Crippen LogP contribution in [0, 0.1) is 0 Å². The highest BCUT2D eigenvalue weighted by atomic mass is 15.2. The van der Waals surface area contributed by atoms with E-state index in [0.29, 0.717) is 6.04 Å². The number of hydrogen-bond acceptors (Lipinski definition) is 3. The third-order valence-electron chi connectivity index (χ3n) is 3.15. The number of aromatic nitrogens is 3. The zero-order valence-corrected chi connectivity index (χ0v) is 9.26. The van der Waals surface area contributed by atoms with Crippen molar-refractivity contribution in [2.45, 2.75) is 31.7 Å². The minimum absolute atomic E-state index is 0.596. The molecule has 2 aromatic rings. The molecule has 0 aliphatic carbocycles. The summed E-state index contributed by atoms with van der Waals surface area (Å²) < 4.78 is 1.85. The summed E-state index contributed by atoms with van der Waals surface area (Å²) in [4.78, 5) is 4.57. The second-order valence-electron chi connectivity index (χ2n) is 4.41. The summed E-state index contributed by atoms with van der Waals surface area (Å²) in [6, 6.07) is 4.51. The fourth-order valence-corrected chi connectivity index (χ4v) is 2.33. The third-order valence-corrected chi connectivity index (χ3v) is 3.15. The van der Waals surface area contributed by atoms with Crippen LogP contribution < -0.4 is 5.32 Å². The standard InChI is InChI=1S/C12H16N4/c1-2-6-13-10(4-1)8-11-9-16-12(15-11)5-3-7-14-16/h3,5,7,9-10,13H,1-2,4,6,8H2/t10-/m0/s1. The first kappa shape index (κ1) is 9.78. The maximum Gasteiger partial charge on any atom is 0.153 e. The largest absolute Gasteiger partial charge is 0.314 e. The lowest BCUT2D eigenvalue weighted by molar-refractivity contribution is 0.397. The molecule has 1 fully saturated rings. The number of imidazole rings is 1. The first-order valence-electron chi connectivity index (χ1n) is 5.94. The van der Waals surface area contributed by atoms with E-state index in [1.807, 2.05) is 22.8 Å². The molecule has 1 aliphatic heterocycles. The van der Waals surface area contributed by atoms with Crippen molar-refractivity contribution in [1.82, 2.24) is 19.9 Å². The molecule has 0 spiro atoms. The van der Waals surface area contributed by atoms with E-state index < -0.39 is 0 Å². The first-order chi connectivity index (χ1) is 7.92. The van der Waals surface area contributed by atoms with Gasteiger partial charge in [0.2, 0.25) is 0 Å². The van der Waals surface area contributed by atoms with Crippen molar-refractivity contribution in [3.05, 3.63) is 30.2 Å². The molecule has 3 heterocycles. The lowest BCUT2D eigenvalue weighted by Gasteiger charge is -2.22. The maximum absolute atomic E-state index is 4.57. The number of nitrogens with one attached hydrogen (secondary N) is 1. The van der Waals surface area contributed by atoms with Gasteiger partial charge in [-0.3, -0.25) is 0 Å². The lowest BCUT2D eigenvalue weighted by Crippen LogP contribution is -2.35. The average Bonchev–Trinajstić information content (AvgIpc) is 2.72. The van der Waals surface area contributed by atoms with Crippen LogP contribution in [0.1, 0.15) is 25.0 Å². The van der Waals surface area contributed by atoms with Gasteiger partial charge in [0, 0.05) is 18.7 Å². The van der Waals surface area contributed by atoms with Gasteiger partial charge >= 0.3 is 0 Å². The van der Waals surface area contributed by atoms with Gasteiger partial charge in [0.25, 0.3) is 0 Å². The summed E-state index contributed by atoms with van der Waals surface area (Å²) in [5.41, 5.74) is 2.08. The normalized spacial score (nSPS) is 21.4. The predicted molar refractivity (Wildman–Crippen MR) is 62.3 cm³/mol. The van der Waals surface area contributed by atoms with Crippen LogP contribution in [0.5, 0.6) is 0 Å². The molecule has 1 N–H and O–H groups in total. The van der Waals surface area contributed by atoms with Crippen molar-refractivity contribution in [3.63, 3.8) is 0 Å². The van der Waals surface area contributed by atoms with Crippen LogP contribution in [-0.2, 0) is 6.42 Å². The molecule has 0 saturated carbocycles. The van der Waals surface area contributed by atoms with Gasteiger partial charge in [0.1, 0.15) is 0 Å². The van der Waals surface area contributed by atoms with Gasteiger partial charge in [0.15, 0.2) is 5.65 Å². The Morgan fingerprint density at radius 2 is 2.44 bits per heavy atom. The summed E-state index contributed by atoms with van der Waals surface area (Å²) in [7, 11) is 0. The van der Waals surface area contributed by atoms with Crippen molar-refractivity contribution >= 4 is 5.65 Å². The van der Waals surface area contributed by atoms with Crippen molar-refractivity contribution in [2.24, 2.45) is 0 Å². The summed E-state index contributed by atoms with van der Waals surface area (Å²) in [6.45, 7) is 1.15. The molecule has 84 valence electrons. The van der Waals surface area contributed by atoms with E-state index in [0.717, 1.165) is 24.3 Å². The highest BCUT2D eigenvalue weighted by molar-refractivity contribution is 5.37. The maximum atomic E-state index is 4.57. The summed E-state index contributed by atoms with van der Waals surface area (Å²) >= 11 is 0. The minimum Gasteiger partial charge on any atom is -0.314 e. The Kier molecular flexibility index (Phi) is 2.58. The van der Waals surface area contributed by atoms with Crippen LogP contribution >= 0.6 is 0 Å². The van der Waals surface area contributed by atoms with Gasteiger partial charge in [-0.15, -0.1) is 0 Å². The molecule has 4 heteroatoms. The lowest BCUT2D eigenvalue weighted by atomic mass is 10.0. The number of rotatable bonds is 2. The van der Waals surface area contributed by atoms with Crippen LogP contribution in [0.25, 0.3) is 5.65 Å². The number of fused-ring (bicyclic) bond motifs is 1. The summed E-state index contributed by atoms with van der Waals surface area (Å²) in [5, 5.41) is 7.77. The van der Waals surface area contributed by atoms with E-state index in [9.17, 15) is 0 Å². The molecule has 0 aromatic carbocycles. The molecule has 16 heavy (non-hydrogen) atoms. The minimum atomic E-state index is 0.596. The highest BCUT2D eigenvalue weighted by Crippen LogP contribution is 2.12. The Balaban J connectivity index is 1.78. The topological polar surface area (TPSA) is 42.2 Å². The van der Waals surface area contributed by atoms with Gasteiger partial charge in [-0.25, -0.2) is 9.50 Å². The molecule has 1 atom stereocenters. The van der Waals surface area contributed by atoms with Gasteiger partial charge in [-0.05, 0) is 31.5 Å². The van der Waals surface area contributed by atoms with E-state index in [4.69, 9.17) is 0 Å². The van der Waals surface area contributed by atoms with E-state index in [1.54, 1.807) is 6.20 Å². The van der Waals surface area contributed by atoms with Crippen molar-refractivity contribution in [1.29, 1.82) is 0 Å². The predicted octanol–water partition coefficient (Wildman–Crippen LogP) is 1.41. The fraction of sp³-hybridized carbons (Fsp3) is 0.500. The first-order valence-corrected chi connectivity index (χ1v) is 5.94. The Bertz CT molecular complexity index is 438. The SMILES string of the molecule is c1cnn2cc(C[C@@H]3CCCCN3)nc2c1. The Morgan fingerprint density at radius 1 is 1.44 bits per heavy atom. The second-order valence-corrected chi connectivity index (χ2v) is 4.41. The smallest absolute Gasteiger partial charge is 0.153 e. The molecule has 3 rings (SSSR count). The number of nitrogens with zero attached hydrogens (tertiary/aromatic N) is 3. The van der Waals surface area contributed by atoms with Gasteiger partial charge in [-0.2, -0.15) is 5.10 Å². The molecule has 1 saturated heterocycles. The zero-order chi connectivity index (χ0) is 10.8.